The number of carbonyl (C=O) groups excluding carboxylic acids is 1. The van der Waals surface area contributed by atoms with Crippen LogP contribution in [0.2, 0.25) is 0 Å². The lowest BCUT2D eigenvalue weighted by atomic mass is 10.3. The zero-order valence-corrected chi connectivity index (χ0v) is 12.4. The van der Waals surface area contributed by atoms with Crippen molar-refractivity contribution in [2.24, 2.45) is 0 Å². The average molecular weight is 305 g/mol. The van der Waals surface area contributed by atoms with Gasteiger partial charge in [0.2, 0.25) is 0 Å². The topological polar surface area (TPSA) is 80.2 Å². The van der Waals surface area contributed by atoms with Crippen LogP contribution in [0.3, 0.4) is 0 Å². The second-order valence-corrected chi connectivity index (χ2v) is 7.56. The van der Waals surface area contributed by atoms with Gasteiger partial charge in [0.1, 0.15) is 5.69 Å². The molecule has 1 aromatic heterocycles. The molecule has 7 heteroatoms. The van der Waals surface area contributed by atoms with Gasteiger partial charge in [-0.25, -0.2) is 13.4 Å². The Balaban J connectivity index is 1.84. The zero-order chi connectivity index (χ0) is 15.0. The number of fused-ring (bicyclic) bond motifs is 1. The van der Waals surface area contributed by atoms with Gasteiger partial charge in [-0.05, 0) is 18.6 Å². The highest BCUT2D eigenvalue weighted by Gasteiger charge is 2.33. The largest absolute Gasteiger partial charge is 0.336 e. The predicted molar refractivity (Wildman–Crippen MR) is 78.7 cm³/mol. The third kappa shape index (κ3) is 2.73. The molecule has 1 aliphatic heterocycles. The number of nitrogens with zero attached hydrogens (tertiary/aromatic N) is 3. The van der Waals surface area contributed by atoms with Gasteiger partial charge in [0.15, 0.2) is 9.84 Å². The molecule has 0 radical (unpaired) electrons. The molecule has 1 fully saturated rings. The number of rotatable bonds is 2. The summed E-state index contributed by atoms with van der Waals surface area (Å²) >= 11 is 0. The molecule has 21 heavy (non-hydrogen) atoms. The van der Waals surface area contributed by atoms with Crippen molar-refractivity contribution in [1.29, 1.82) is 0 Å². The summed E-state index contributed by atoms with van der Waals surface area (Å²) in [5.41, 5.74) is 1.63. The first-order valence-electron chi connectivity index (χ1n) is 6.65. The number of sulfone groups is 1. The SMILES string of the molecule is CS(=O)(=O)[C@H]1CCN(C(=O)c2cnc3ccccc3n2)C1. The Bertz CT molecular complexity index is 804. The van der Waals surface area contributed by atoms with Crippen LogP contribution in [-0.2, 0) is 9.84 Å². The number of benzene rings is 1. The second-order valence-electron chi connectivity index (χ2n) is 5.24. The minimum atomic E-state index is -3.12. The van der Waals surface area contributed by atoms with E-state index in [2.05, 4.69) is 9.97 Å². The predicted octanol–water partition coefficient (Wildman–Crippen LogP) is 0.889. The summed E-state index contributed by atoms with van der Waals surface area (Å²) < 4.78 is 23.1. The maximum Gasteiger partial charge on any atom is 0.274 e. The molecule has 1 saturated heterocycles. The van der Waals surface area contributed by atoms with E-state index in [4.69, 9.17) is 0 Å². The van der Waals surface area contributed by atoms with Crippen molar-refractivity contribution in [2.75, 3.05) is 19.3 Å². The highest BCUT2D eigenvalue weighted by molar-refractivity contribution is 7.91. The first-order chi connectivity index (χ1) is 9.95. The minimum Gasteiger partial charge on any atom is -0.336 e. The van der Waals surface area contributed by atoms with E-state index in [-0.39, 0.29) is 18.1 Å². The molecule has 3 rings (SSSR count). The third-order valence-electron chi connectivity index (χ3n) is 3.71. The van der Waals surface area contributed by atoms with E-state index in [1.54, 1.807) is 6.07 Å². The van der Waals surface area contributed by atoms with Crippen LogP contribution in [0.25, 0.3) is 11.0 Å². The molecule has 0 aliphatic carbocycles. The van der Waals surface area contributed by atoms with E-state index in [9.17, 15) is 13.2 Å². The van der Waals surface area contributed by atoms with Crippen molar-refractivity contribution in [3.63, 3.8) is 0 Å². The van der Waals surface area contributed by atoms with Crippen molar-refractivity contribution in [1.82, 2.24) is 14.9 Å². The summed E-state index contributed by atoms with van der Waals surface area (Å²) in [5, 5.41) is -0.477. The van der Waals surface area contributed by atoms with Crippen molar-refractivity contribution in [3.05, 3.63) is 36.2 Å². The Hall–Kier alpha value is -2.02. The lowest BCUT2D eigenvalue weighted by Crippen LogP contribution is -2.32. The van der Waals surface area contributed by atoms with Crippen LogP contribution in [0.4, 0.5) is 0 Å². The Morgan fingerprint density at radius 1 is 1.29 bits per heavy atom. The summed E-state index contributed by atoms with van der Waals surface area (Å²) in [6, 6.07) is 7.31. The molecule has 1 amide bonds. The molecule has 110 valence electrons. The van der Waals surface area contributed by atoms with Gasteiger partial charge in [0.05, 0.1) is 22.5 Å². The third-order valence-corrected chi connectivity index (χ3v) is 5.30. The van der Waals surface area contributed by atoms with Crippen LogP contribution in [0.15, 0.2) is 30.5 Å². The minimum absolute atomic E-state index is 0.228. The Labute approximate surface area is 122 Å². The van der Waals surface area contributed by atoms with E-state index in [0.29, 0.717) is 18.5 Å². The summed E-state index contributed by atoms with van der Waals surface area (Å²) in [7, 11) is -3.12. The summed E-state index contributed by atoms with van der Waals surface area (Å²) in [6.07, 6.45) is 3.13. The lowest BCUT2D eigenvalue weighted by molar-refractivity contribution is 0.0787. The first kappa shape index (κ1) is 13.9. The molecule has 2 heterocycles. The maximum absolute atomic E-state index is 12.4. The number of hydrogen-bond donors (Lipinski definition) is 0. The van der Waals surface area contributed by atoms with E-state index in [1.165, 1.54) is 17.4 Å². The van der Waals surface area contributed by atoms with Crippen molar-refractivity contribution >= 4 is 26.8 Å². The summed E-state index contributed by atoms with van der Waals surface area (Å²) in [6.45, 7) is 0.664. The van der Waals surface area contributed by atoms with Gasteiger partial charge in [-0.2, -0.15) is 0 Å². The number of likely N-dealkylation sites (tertiary alicyclic amines) is 1. The molecule has 1 atom stereocenters. The fraction of sp³-hybridized carbons (Fsp3) is 0.357. The number of carbonyl (C=O) groups is 1. The first-order valence-corrected chi connectivity index (χ1v) is 8.60. The van der Waals surface area contributed by atoms with Crippen LogP contribution in [0.1, 0.15) is 16.9 Å². The molecular formula is C14H15N3O3S. The Kier molecular flexibility index (Phi) is 3.36. The van der Waals surface area contributed by atoms with Crippen molar-refractivity contribution in [3.8, 4) is 0 Å². The number of para-hydroxylation sites is 2. The maximum atomic E-state index is 12.4. The average Bonchev–Trinajstić information content (AvgIpc) is 2.96. The number of aromatic nitrogens is 2. The highest BCUT2D eigenvalue weighted by Crippen LogP contribution is 2.18. The normalized spacial score (nSPS) is 19.1. The summed E-state index contributed by atoms with van der Waals surface area (Å²) in [5.74, 6) is -0.264. The van der Waals surface area contributed by atoms with Crippen molar-refractivity contribution in [2.45, 2.75) is 11.7 Å². The van der Waals surface area contributed by atoms with Gasteiger partial charge in [0.25, 0.3) is 5.91 Å². The fourth-order valence-corrected chi connectivity index (χ4v) is 3.47. The molecule has 2 aromatic rings. The molecule has 0 N–H and O–H groups in total. The van der Waals surface area contributed by atoms with E-state index in [0.717, 1.165) is 5.52 Å². The van der Waals surface area contributed by atoms with Gasteiger partial charge in [-0.15, -0.1) is 0 Å². The van der Waals surface area contributed by atoms with Gasteiger partial charge >= 0.3 is 0 Å². The molecule has 1 aromatic carbocycles. The summed E-state index contributed by atoms with van der Waals surface area (Å²) in [4.78, 5) is 22.4. The zero-order valence-electron chi connectivity index (χ0n) is 11.6. The quantitative estimate of drug-likeness (QED) is 0.823. The van der Waals surface area contributed by atoms with Crippen LogP contribution >= 0.6 is 0 Å². The highest BCUT2D eigenvalue weighted by atomic mass is 32.2. The Morgan fingerprint density at radius 3 is 2.67 bits per heavy atom. The van der Waals surface area contributed by atoms with Crippen LogP contribution in [-0.4, -0.2) is 53.8 Å². The Morgan fingerprint density at radius 2 is 2.00 bits per heavy atom. The molecule has 0 unspecified atom stereocenters. The molecule has 6 nitrogen and oxygen atoms in total. The van der Waals surface area contributed by atoms with E-state index < -0.39 is 15.1 Å². The van der Waals surface area contributed by atoms with Gasteiger partial charge < -0.3 is 4.90 Å². The monoisotopic (exact) mass is 305 g/mol. The molecular weight excluding hydrogens is 290 g/mol. The van der Waals surface area contributed by atoms with Gasteiger partial charge in [0, 0.05) is 19.3 Å². The molecule has 0 spiro atoms. The van der Waals surface area contributed by atoms with Gasteiger partial charge in [-0.3, -0.25) is 9.78 Å². The standard InChI is InChI=1S/C14H15N3O3S/c1-21(19,20)10-6-7-17(9-10)14(18)13-8-15-11-4-2-3-5-12(11)16-13/h2-5,8,10H,6-7,9H2,1H3/t10-/m0/s1. The van der Waals surface area contributed by atoms with E-state index in [1.807, 2.05) is 18.2 Å². The van der Waals surface area contributed by atoms with Crippen LogP contribution < -0.4 is 0 Å². The lowest BCUT2D eigenvalue weighted by Gasteiger charge is -2.15. The molecule has 0 bridgehead atoms. The number of hydrogen-bond acceptors (Lipinski definition) is 5. The van der Waals surface area contributed by atoms with Crippen LogP contribution in [0.5, 0.6) is 0 Å². The number of amides is 1. The van der Waals surface area contributed by atoms with E-state index >= 15 is 0 Å². The van der Waals surface area contributed by atoms with Gasteiger partial charge in [-0.1, -0.05) is 12.1 Å². The fourth-order valence-electron chi connectivity index (χ4n) is 2.48. The van der Waals surface area contributed by atoms with Crippen molar-refractivity contribution < 1.29 is 13.2 Å². The second kappa shape index (κ2) is 5.07. The van der Waals surface area contributed by atoms with Crippen LogP contribution in [0, 0.1) is 0 Å². The molecule has 1 aliphatic rings. The molecule has 0 saturated carbocycles. The smallest absolute Gasteiger partial charge is 0.274 e.